The van der Waals surface area contributed by atoms with Crippen LogP contribution in [-0.4, -0.2) is 29.1 Å². The standard InChI is InChI=1S/C19H32ClNO/c1-4-6-8-14-21(15-9-7-5-2)16(3)19(22)17-10-12-18(20)13-11-17/h10-13,16,19,22H,4-9,14-15H2,1-3H3. The van der Waals surface area contributed by atoms with Crippen LogP contribution in [0.5, 0.6) is 0 Å². The summed E-state index contributed by atoms with van der Waals surface area (Å²) in [5.41, 5.74) is 0.952. The molecule has 2 unspecified atom stereocenters. The number of hydrogen-bond acceptors (Lipinski definition) is 2. The highest BCUT2D eigenvalue weighted by Gasteiger charge is 2.22. The SMILES string of the molecule is CCCCCN(CCCCC)C(C)C(O)c1ccc(Cl)cc1. The van der Waals surface area contributed by atoms with Crippen molar-refractivity contribution in [3.8, 4) is 0 Å². The van der Waals surface area contributed by atoms with E-state index >= 15 is 0 Å². The molecule has 1 aromatic rings. The first-order valence-corrected chi connectivity index (χ1v) is 9.15. The summed E-state index contributed by atoms with van der Waals surface area (Å²) in [4.78, 5) is 2.45. The van der Waals surface area contributed by atoms with E-state index in [4.69, 9.17) is 11.6 Å². The smallest absolute Gasteiger partial charge is 0.0942 e. The molecular formula is C19H32ClNO. The average Bonchev–Trinajstić information content (AvgIpc) is 2.53. The van der Waals surface area contributed by atoms with Crippen LogP contribution in [0.25, 0.3) is 0 Å². The Hall–Kier alpha value is -0.570. The fourth-order valence-electron chi connectivity index (χ4n) is 2.79. The summed E-state index contributed by atoms with van der Waals surface area (Å²) >= 11 is 5.94. The lowest BCUT2D eigenvalue weighted by atomic mass is 10.0. The van der Waals surface area contributed by atoms with Gasteiger partial charge in [0.05, 0.1) is 6.10 Å². The third kappa shape index (κ3) is 6.68. The van der Waals surface area contributed by atoms with Crippen LogP contribution in [0.4, 0.5) is 0 Å². The van der Waals surface area contributed by atoms with E-state index in [0.717, 1.165) is 18.7 Å². The van der Waals surface area contributed by atoms with Crippen molar-refractivity contribution < 1.29 is 5.11 Å². The second kappa shape index (κ2) is 11.0. The molecule has 0 spiro atoms. The van der Waals surface area contributed by atoms with Crippen molar-refractivity contribution in [1.29, 1.82) is 0 Å². The zero-order chi connectivity index (χ0) is 16.4. The Bertz CT molecular complexity index is 383. The summed E-state index contributed by atoms with van der Waals surface area (Å²) < 4.78 is 0. The van der Waals surface area contributed by atoms with Gasteiger partial charge in [-0.15, -0.1) is 0 Å². The number of nitrogens with zero attached hydrogens (tertiary/aromatic N) is 1. The summed E-state index contributed by atoms with van der Waals surface area (Å²) in [6.07, 6.45) is 6.94. The highest BCUT2D eigenvalue weighted by molar-refractivity contribution is 6.30. The topological polar surface area (TPSA) is 23.5 Å². The number of rotatable bonds is 11. The van der Waals surface area contributed by atoms with Gasteiger partial charge in [0, 0.05) is 11.1 Å². The molecule has 22 heavy (non-hydrogen) atoms. The van der Waals surface area contributed by atoms with E-state index in [1.807, 2.05) is 24.3 Å². The Morgan fingerprint density at radius 1 is 0.955 bits per heavy atom. The molecule has 0 aliphatic rings. The maximum Gasteiger partial charge on any atom is 0.0942 e. The summed E-state index contributed by atoms with van der Waals surface area (Å²) in [5.74, 6) is 0. The van der Waals surface area contributed by atoms with Crippen molar-refractivity contribution in [2.24, 2.45) is 0 Å². The Balaban J connectivity index is 2.66. The molecule has 1 aromatic carbocycles. The van der Waals surface area contributed by atoms with Crippen molar-refractivity contribution in [2.45, 2.75) is 71.4 Å². The van der Waals surface area contributed by atoms with E-state index in [1.54, 1.807) is 0 Å². The van der Waals surface area contributed by atoms with Gasteiger partial charge in [-0.3, -0.25) is 4.90 Å². The first kappa shape index (κ1) is 19.5. The van der Waals surface area contributed by atoms with Crippen molar-refractivity contribution in [1.82, 2.24) is 4.90 Å². The largest absolute Gasteiger partial charge is 0.387 e. The molecule has 2 atom stereocenters. The molecule has 1 rings (SSSR count). The molecular weight excluding hydrogens is 294 g/mol. The Kier molecular flexibility index (Phi) is 9.77. The molecule has 1 N–H and O–H groups in total. The van der Waals surface area contributed by atoms with Crippen LogP contribution >= 0.6 is 11.6 Å². The van der Waals surface area contributed by atoms with Crippen LogP contribution in [0.15, 0.2) is 24.3 Å². The van der Waals surface area contributed by atoms with Crippen LogP contribution in [0.1, 0.15) is 71.0 Å². The maximum absolute atomic E-state index is 10.7. The van der Waals surface area contributed by atoms with Crippen LogP contribution < -0.4 is 0 Å². The molecule has 2 nitrogen and oxygen atoms in total. The molecule has 0 saturated carbocycles. The minimum absolute atomic E-state index is 0.134. The predicted octanol–water partition coefficient (Wildman–Crippen LogP) is 5.44. The van der Waals surface area contributed by atoms with E-state index < -0.39 is 6.10 Å². The Morgan fingerprint density at radius 3 is 1.91 bits per heavy atom. The first-order valence-electron chi connectivity index (χ1n) is 8.77. The molecule has 0 amide bonds. The number of halogens is 1. The molecule has 126 valence electrons. The van der Waals surface area contributed by atoms with Gasteiger partial charge in [0.15, 0.2) is 0 Å². The van der Waals surface area contributed by atoms with Crippen LogP contribution in [0, 0.1) is 0 Å². The monoisotopic (exact) mass is 325 g/mol. The van der Waals surface area contributed by atoms with Gasteiger partial charge in [-0.25, -0.2) is 0 Å². The Morgan fingerprint density at radius 2 is 1.45 bits per heavy atom. The third-order valence-electron chi connectivity index (χ3n) is 4.34. The minimum Gasteiger partial charge on any atom is -0.387 e. The van der Waals surface area contributed by atoms with Gasteiger partial charge in [0.1, 0.15) is 0 Å². The summed E-state index contributed by atoms with van der Waals surface area (Å²) in [7, 11) is 0. The fraction of sp³-hybridized carbons (Fsp3) is 0.684. The van der Waals surface area contributed by atoms with Crippen molar-refractivity contribution in [3.63, 3.8) is 0 Å². The highest BCUT2D eigenvalue weighted by atomic mass is 35.5. The van der Waals surface area contributed by atoms with Gasteiger partial charge in [0.25, 0.3) is 0 Å². The summed E-state index contributed by atoms with van der Waals surface area (Å²) in [5, 5.41) is 11.4. The fourth-order valence-corrected chi connectivity index (χ4v) is 2.91. The molecule has 0 fully saturated rings. The molecule has 0 heterocycles. The lowest BCUT2D eigenvalue weighted by molar-refractivity contribution is 0.0556. The quantitative estimate of drug-likeness (QED) is 0.547. The predicted molar refractivity (Wildman–Crippen MR) is 96.5 cm³/mol. The normalized spacial score (nSPS) is 14.3. The number of hydrogen-bond donors (Lipinski definition) is 1. The van der Waals surface area contributed by atoms with Gasteiger partial charge < -0.3 is 5.11 Å². The van der Waals surface area contributed by atoms with Gasteiger partial charge in [-0.2, -0.15) is 0 Å². The maximum atomic E-state index is 10.7. The van der Waals surface area contributed by atoms with Gasteiger partial charge in [-0.1, -0.05) is 63.3 Å². The zero-order valence-electron chi connectivity index (χ0n) is 14.4. The third-order valence-corrected chi connectivity index (χ3v) is 4.59. The molecule has 0 aromatic heterocycles. The van der Waals surface area contributed by atoms with Crippen molar-refractivity contribution >= 4 is 11.6 Å². The molecule has 0 aliphatic heterocycles. The summed E-state index contributed by atoms with van der Waals surface area (Å²) in [6.45, 7) is 8.74. The molecule has 0 saturated heterocycles. The Labute approximate surface area is 141 Å². The highest BCUT2D eigenvalue weighted by Crippen LogP contribution is 2.23. The van der Waals surface area contributed by atoms with Gasteiger partial charge in [-0.05, 0) is 50.6 Å². The lowest BCUT2D eigenvalue weighted by Gasteiger charge is -2.32. The van der Waals surface area contributed by atoms with Gasteiger partial charge in [0.2, 0.25) is 0 Å². The molecule has 3 heteroatoms. The minimum atomic E-state index is -0.458. The molecule has 0 aliphatic carbocycles. The van der Waals surface area contributed by atoms with Crippen LogP contribution in [0.3, 0.4) is 0 Å². The van der Waals surface area contributed by atoms with Crippen molar-refractivity contribution in [2.75, 3.05) is 13.1 Å². The number of aliphatic hydroxyl groups excluding tert-OH is 1. The lowest BCUT2D eigenvalue weighted by Crippen LogP contribution is -2.39. The zero-order valence-corrected chi connectivity index (χ0v) is 15.1. The molecule has 0 radical (unpaired) electrons. The van der Waals surface area contributed by atoms with E-state index in [2.05, 4.69) is 25.7 Å². The van der Waals surface area contributed by atoms with E-state index in [0.29, 0.717) is 5.02 Å². The van der Waals surface area contributed by atoms with Gasteiger partial charge >= 0.3 is 0 Å². The first-order chi connectivity index (χ1) is 10.6. The van der Waals surface area contributed by atoms with E-state index in [1.165, 1.54) is 38.5 Å². The number of aliphatic hydroxyl groups is 1. The second-order valence-corrected chi connectivity index (χ2v) is 6.62. The molecule has 0 bridgehead atoms. The average molecular weight is 326 g/mol. The van der Waals surface area contributed by atoms with Crippen molar-refractivity contribution in [3.05, 3.63) is 34.9 Å². The van der Waals surface area contributed by atoms with E-state index in [9.17, 15) is 5.11 Å². The number of benzene rings is 1. The second-order valence-electron chi connectivity index (χ2n) is 6.19. The number of unbranched alkanes of at least 4 members (excludes halogenated alkanes) is 4. The summed E-state index contributed by atoms with van der Waals surface area (Å²) in [6, 6.07) is 7.70. The van der Waals surface area contributed by atoms with E-state index in [-0.39, 0.29) is 6.04 Å². The van der Waals surface area contributed by atoms with Crippen LogP contribution in [0.2, 0.25) is 5.02 Å². The van der Waals surface area contributed by atoms with Crippen LogP contribution in [-0.2, 0) is 0 Å².